The average molecular weight is 389 g/mol. The summed E-state index contributed by atoms with van der Waals surface area (Å²) in [5.41, 5.74) is 0.728. The van der Waals surface area contributed by atoms with Crippen molar-refractivity contribution in [1.29, 1.82) is 0 Å². The first kappa shape index (κ1) is 20.2. The first-order chi connectivity index (χ1) is 13.3. The first-order valence-corrected chi connectivity index (χ1v) is 9.30. The number of rotatable bonds is 7. The van der Waals surface area contributed by atoms with Crippen LogP contribution >= 0.6 is 0 Å². The Morgan fingerprint density at radius 2 is 1.96 bits per heavy atom. The molecular weight excluding hydrogens is 362 g/mol. The summed E-state index contributed by atoms with van der Waals surface area (Å²) in [7, 11) is 0. The van der Waals surface area contributed by atoms with Gasteiger partial charge in [0.05, 0.1) is 24.5 Å². The summed E-state index contributed by atoms with van der Waals surface area (Å²) >= 11 is 0. The van der Waals surface area contributed by atoms with Crippen LogP contribution < -0.4 is 9.64 Å². The second-order valence-electron chi connectivity index (χ2n) is 7.42. The molecule has 1 aliphatic rings. The Morgan fingerprint density at radius 1 is 1.21 bits per heavy atom. The van der Waals surface area contributed by atoms with Crippen molar-refractivity contribution >= 4 is 11.7 Å². The lowest BCUT2D eigenvalue weighted by Gasteiger charge is -2.28. The number of aliphatic hydroxyl groups is 1. The highest BCUT2D eigenvalue weighted by Crippen LogP contribution is 2.22. The molecule has 0 radical (unpaired) electrons. The van der Waals surface area contributed by atoms with Gasteiger partial charge < -0.3 is 23.9 Å². The van der Waals surface area contributed by atoms with Gasteiger partial charge in [-0.2, -0.15) is 15.1 Å². The van der Waals surface area contributed by atoms with E-state index in [2.05, 4.69) is 25.1 Å². The molecule has 3 rings (SSSR count). The molecular formula is C19H27N5O4. The normalized spacial score (nSPS) is 15.4. The zero-order chi connectivity index (χ0) is 20.1. The molecule has 9 heteroatoms. The lowest BCUT2D eigenvalue weighted by Crippen LogP contribution is -2.37. The third-order valence-corrected chi connectivity index (χ3v) is 4.19. The van der Waals surface area contributed by atoms with Crippen LogP contribution in [0.5, 0.6) is 6.01 Å². The van der Waals surface area contributed by atoms with Crippen LogP contribution in [0.3, 0.4) is 0 Å². The van der Waals surface area contributed by atoms with E-state index in [1.165, 1.54) is 0 Å². The van der Waals surface area contributed by atoms with E-state index in [0.717, 1.165) is 30.2 Å². The van der Waals surface area contributed by atoms with Gasteiger partial charge in [0.25, 0.3) is 0 Å². The summed E-state index contributed by atoms with van der Waals surface area (Å²) in [6.45, 7) is 10.3. The summed E-state index contributed by atoms with van der Waals surface area (Å²) in [5.74, 6) is 2.04. The van der Waals surface area contributed by atoms with E-state index in [0.29, 0.717) is 24.8 Å². The number of azo groups is 1. The largest absolute Gasteiger partial charge is 0.460 e. The van der Waals surface area contributed by atoms with Crippen molar-refractivity contribution in [2.24, 2.45) is 10.2 Å². The van der Waals surface area contributed by atoms with Gasteiger partial charge in [0, 0.05) is 25.2 Å². The molecule has 28 heavy (non-hydrogen) atoms. The highest BCUT2D eigenvalue weighted by atomic mass is 16.5. The molecule has 0 saturated carbocycles. The third-order valence-electron chi connectivity index (χ3n) is 4.19. The summed E-state index contributed by atoms with van der Waals surface area (Å²) in [4.78, 5) is 11.0. The van der Waals surface area contributed by atoms with Crippen molar-refractivity contribution in [1.82, 2.24) is 9.97 Å². The molecule has 0 unspecified atom stereocenters. The van der Waals surface area contributed by atoms with Gasteiger partial charge in [-0.05, 0) is 33.3 Å². The Hall–Kier alpha value is -2.52. The number of aryl methyl sites for hydroxylation is 2. The first-order valence-electron chi connectivity index (χ1n) is 9.30. The fourth-order valence-corrected chi connectivity index (χ4v) is 2.58. The minimum absolute atomic E-state index is 0.0888. The van der Waals surface area contributed by atoms with Crippen molar-refractivity contribution in [3.8, 4) is 6.01 Å². The summed E-state index contributed by atoms with van der Waals surface area (Å²) < 4.78 is 16.5. The van der Waals surface area contributed by atoms with E-state index in [1.807, 2.05) is 26.0 Å². The maximum absolute atomic E-state index is 9.91. The van der Waals surface area contributed by atoms with E-state index in [4.69, 9.17) is 13.9 Å². The lowest BCUT2D eigenvalue weighted by atomic mass is 10.2. The minimum Gasteiger partial charge on any atom is -0.460 e. The molecule has 1 aliphatic heterocycles. The van der Waals surface area contributed by atoms with Crippen molar-refractivity contribution in [2.45, 2.75) is 39.8 Å². The quantitative estimate of drug-likeness (QED) is 0.726. The fourth-order valence-electron chi connectivity index (χ4n) is 2.58. The van der Waals surface area contributed by atoms with Gasteiger partial charge in [0.1, 0.15) is 24.7 Å². The summed E-state index contributed by atoms with van der Waals surface area (Å²) in [5, 5.41) is 18.2. The molecule has 0 spiro atoms. The predicted octanol–water partition coefficient (Wildman–Crippen LogP) is 2.96. The van der Waals surface area contributed by atoms with Gasteiger partial charge >= 0.3 is 6.01 Å². The Balaban J connectivity index is 1.77. The van der Waals surface area contributed by atoms with E-state index >= 15 is 0 Å². The standard InChI is InChI=1S/C19H27N5O4/c1-13-9-17(28-14(13)2)23-20-11-15-10-16(24-5-7-26-8-6-24)22-18(21-15)27-12-19(3,4)25/h9-10,25H,5-8,11-12H2,1-4H3. The van der Waals surface area contributed by atoms with Crippen LogP contribution in [0, 0.1) is 13.8 Å². The Bertz CT molecular complexity index is 803. The van der Waals surface area contributed by atoms with Crippen LogP contribution in [0.2, 0.25) is 0 Å². The van der Waals surface area contributed by atoms with E-state index in [-0.39, 0.29) is 19.2 Å². The Kier molecular flexibility index (Phi) is 6.25. The number of hydrogen-bond donors (Lipinski definition) is 1. The Labute approximate surface area is 164 Å². The molecule has 0 bridgehead atoms. The maximum Gasteiger partial charge on any atom is 0.318 e. The van der Waals surface area contributed by atoms with Crippen LogP contribution in [-0.4, -0.2) is 53.6 Å². The second-order valence-corrected chi connectivity index (χ2v) is 7.42. The van der Waals surface area contributed by atoms with Crippen LogP contribution in [0.15, 0.2) is 26.8 Å². The van der Waals surface area contributed by atoms with E-state index in [1.54, 1.807) is 13.8 Å². The molecule has 1 fully saturated rings. The zero-order valence-corrected chi connectivity index (χ0v) is 16.8. The van der Waals surface area contributed by atoms with Crippen LogP contribution in [0.1, 0.15) is 30.9 Å². The highest BCUT2D eigenvalue weighted by molar-refractivity contribution is 5.41. The lowest BCUT2D eigenvalue weighted by molar-refractivity contribution is 0.0249. The van der Waals surface area contributed by atoms with Gasteiger partial charge in [-0.25, -0.2) is 0 Å². The molecule has 0 aliphatic carbocycles. The molecule has 0 aromatic carbocycles. The molecule has 1 saturated heterocycles. The molecule has 1 N–H and O–H groups in total. The van der Waals surface area contributed by atoms with Crippen LogP contribution in [0.25, 0.3) is 0 Å². The van der Waals surface area contributed by atoms with Crippen LogP contribution in [0.4, 0.5) is 11.7 Å². The van der Waals surface area contributed by atoms with E-state index in [9.17, 15) is 5.11 Å². The number of nitrogens with zero attached hydrogens (tertiary/aromatic N) is 5. The minimum atomic E-state index is -0.979. The predicted molar refractivity (Wildman–Crippen MR) is 103 cm³/mol. The van der Waals surface area contributed by atoms with Crippen molar-refractivity contribution < 1.29 is 19.0 Å². The SMILES string of the molecule is Cc1cc(N=NCc2cc(N3CCOCC3)nc(OCC(C)(C)O)n2)oc1C. The third kappa shape index (κ3) is 5.74. The summed E-state index contributed by atoms with van der Waals surface area (Å²) in [6.07, 6.45) is 0. The number of aromatic nitrogens is 2. The summed E-state index contributed by atoms with van der Waals surface area (Å²) in [6, 6.07) is 3.93. The van der Waals surface area contributed by atoms with Gasteiger partial charge in [-0.1, -0.05) is 0 Å². The molecule has 152 valence electrons. The molecule has 9 nitrogen and oxygen atoms in total. The van der Waals surface area contributed by atoms with Gasteiger partial charge in [0.15, 0.2) is 0 Å². The average Bonchev–Trinajstić information content (AvgIpc) is 2.98. The van der Waals surface area contributed by atoms with Crippen molar-refractivity contribution in [2.75, 3.05) is 37.8 Å². The molecule has 3 heterocycles. The molecule has 0 amide bonds. The van der Waals surface area contributed by atoms with Crippen molar-refractivity contribution in [3.05, 3.63) is 29.2 Å². The number of ether oxygens (including phenoxy) is 2. The van der Waals surface area contributed by atoms with Gasteiger partial charge in [0.2, 0.25) is 5.88 Å². The molecule has 2 aromatic rings. The monoisotopic (exact) mass is 389 g/mol. The number of furan rings is 1. The fraction of sp³-hybridized carbons (Fsp3) is 0.579. The maximum atomic E-state index is 9.91. The van der Waals surface area contributed by atoms with Gasteiger partial charge in [-0.3, -0.25) is 0 Å². The second kappa shape index (κ2) is 8.66. The van der Waals surface area contributed by atoms with Crippen molar-refractivity contribution in [3.63, 3.8) is 0 Å². The van der Waals surface area contributed by atoms with E-state index < -0.39 is 5.60 Å². The smallest absolute Gasteiger partial charge is 0.318 e. The number of hydrogen-bond acceptors (Lipinski definition) is 9. The van der Waals surface area contributed by atoms with Gasteiger partial charge in [-0.15, -0.1) is 5.11 Å². The molecule has 2 aromatic heterocycles. The number of morpholine rings is 1. The Morgan fingerprint density at radius 3 is 2.61 bits per heavy atom. The topological polar surface area (TPSA) is 106 Å². The number of anilines is 1. The zero-order valence-electron chi connectivity index (χ0n) is 16.8. The highest BCUT2D eigenvalue weighted by Gasteiger charge is 2.18. The molecule has 0 atom stereocenters. The van der Waals surface area contributed by atoms with Crippen LogP contribution in [-0.2, 0) is 11.3 Å².